The third-order valence-corrected chi connectivity index (χ3v) is 5.44. The number of hydrogen-bond acceptors (Lipinski definition) is 3. The topological polar surface area (TPSA) is 43.8 Å². The summed E-state index contributed by atoms with van der Waals surface area (Å²) in [4.78, 5) is 16.5. The molecule has 1 aromatic carbocycles. The van der Waals surface area contributed by atoms with Gasteiger partial charge in [-0.2, -0.15) is 13.2 Å². The highest BCUT2D eigenvalue weighted by atomic mass is 19.4. The van der Waals surface area contributed by atoms with Gasteiger partial charge in [-0.25, -0.2) is 4.39 Å². The average molecular weight is 374 g/mol. The maximum atomic E-state index is 14.2. The molecule has 144 valence electrons. The minimum absolute atomic E-state index is 0.0670. The summed E-state index contributed by atoms with van der Waals surface area (Å²) in [6.07, 6.45) is -1.72. The van der Waals surface area contributed by atoms with Gasteiger partial charge < -0.3 is 10.0 Å². The number of halogens is 4. The molecule has 3 rings (SSSR count). The van der Waals surface area contributed by atoms with Crippen molar-refractivity contribution in [3.8, 4) is 0 Å². The van der Waals surface area contributed by atoms with Gasteiger partial charge in [-0.1, -0.05) is 6.07 Å². The SMILES string of the molecule is O=C1N(CCO)CCCC12CCCN2Cc1ccc(C(F)(F)F)cc1F. The Hall–Kier alpha value is -1.67. The number of amides is 1. The molecule has 4 nitrogen and oxygen atoms in total. The summed E-state index contributed by atoms with van der Waals surface area (Å²) in [5, 5.41) is 9.15. The van der Waals surface area contributed by atoms with Crippen LogP contribution in [-0.4, -0.2) is 52.6 Å². The van der Waals surface area contributed by atoms with Crippen molar-refractivity contribution >= 4 is 5.91 Å². The van der Waals surface area contributed by atoms with Crippen LogP contribution in [0.2, 0.25) is 0 Å². The lowest BCUT2D eigenvalue weighted by atomic mass is 9.85. The minimum atomic E-state index is -4.58. The molecule has 0 aromatic heterocycles. The summed E-state index contributed by atoms with van der Waals surface area (Å²) in [6.45, 7) is 1.43. The Morgan fingerprint density at radius 3 is 2.46 bits per heavy atom. The zero-order chi connectivity index (χ0) is 18.9. The Balaban J connectivity index is 1.82. The Kier molecular flexibility index (Phi) is 5.25. The van der Waals surface area contributed by atoms with E-state index in [1.54, 1.807) is 4.90 Å². The highest BCUT2D eigenvalue weighted by Crippen LogP contribution is 2.39. The van der Waals surface area contributed by atoms with Crippen molar-refractivity contribution in [3.63, 3.8) is 0 Å². The van der Waals surface area contributed by atoms with Crippen LogP contribution < -0.4 is 0 Å². The number of likely N-dealkylation sites (tertiary alicyclic amines) is 2. The number of nitrogens with zero attached hydrogens (tertiary/aromatic N) is 2. The van der Waals surface area contributed by atoms with Crippen LogP contribution in [-0.2, 0) is 17.5 Å². The van der Waals surface area contributed by atoms with E-state index in [-0.39, 0.29) is 31.2 Å². The molecule has 0 saturated carbocycles. The molecule has 8 heteroatoms. The standard InChI is InChI=1S/C18H22F4N2O2/c19-15-11-14(18(20,21)22)4-3-13(15)12-24-8-2-6-17(24)5-1-7-23(9-10-25)16(17)26/h3-4,11,25H,1-2,5-10,12H2. The summed E-state index contributed by atoms with van der Waals surface area (Å²) >= 11 is 0. The van der Waals surface area contributed by atoms with E-state index >= 15 is 0 Å². The maximum Gasteiger partial charge on any atom is 0.416 e. The van der Waals surface area contributed by atoms with E-state index in [1.165, 1.54) is 0 Å². The molecule has 2 aliphatic rings. The molecule has 0 aliphatic carbocycles. The van der Waals surface area contributed by atoms with Gasteiger partial charge in [-0.05, 0) is 44.4 Å². The van der Waals surface area contributed by atoms with Crippen LogP contribution >= 0.6 is 0 Å². The monoisotopic (exact) mass is 374 g/mol. The van der Waals surface area contributed by atoms with Crippen molar-refractivity contribution < 1.29 is 27.5 Å². The number of carbonyl (C=O) groups is 1. The summed E-state index contributed by atoms with van der Waals surface area (Å²) in [6, 6.07) is 2.55. The Morgan fingerprint density at radius 2 is 1.85 bits per heavy atom. The Morgan fingerprint density at radius 1 is 1.15 bits per heavy atom. The number of benzene rings is 1. The van der Waals surface area contributed by atoms with Crippen molar-refractivity contribution in [2.45, 2.75) is 43.9 Å². The van der Waals surface area contributed by atoms with Gasteiger partial charge in [0.15, 0.2) is 0 Å². The second-order valence-electron chi connectivity index (χ2n) is 6.98. The van der Waals surface area contributed by atoms with Crippen molar-refractivity contribution in [1.29, 1.82) is 0 Å². The average Bonchev–Trinajstić information content (AvgIpc) is 2.96. The van der Waals surface area contributed by atoms with Crippen molar-refractivity contribution in [3.05, 3.63) is 35.1 Å². The zero-order valence-electron chi connectivity index (χ0n) is 14.4. The molecule has 0 bridgehead atoms. The molecule has 0 radical (unpaired) electrons. The summed E-state index contributed by atoms with van der Waals surface area (Å²) in [7, 11) is 0. The van der Waals surface area contributed by atoms with E-state index in [2.05, 4.69) is 0 Å². The quantitative estimate of drug-likeness (QED) is 0.825. The van der Waals surface area contributed by atoms with Crippen molar-refractivity contribution in [2.75, 3.05) is 26.2 Å². The molecule has 26 heavy (non-hydrogen) atoms. The third kappa shape index (κ3) is 3.44. The second-order valence-corrected chi connectivity index (χ2v) is 6.98. The van der Waals surface area contributed by atoms with Gasteiger partial charge in [0.2, 0.25) is 5.91 Å². The molecule has 1 unspecified atom stereocenters. The molecule has 1 atom stereocenters. The first-order valence-electron chi connectivity index (χ1n) is 8.79. The number of β-amino-alcohol motifs (C(OH)–C–C–N with tert-alkyl or cyclic N) is 1. The number of aliphatic hydroxyl groups is 1. The molecule has 2 fully saturated rings. The van der Waals surface area contributed by atoms with Gasteiger partial charge in [-0.3, -0.25) is 9.69 Å². The molecular weight excluding hydrogens is 352 g/mol. The lowest BCUT2D eigenvalue weighted by molar-refractivity contribution is -0.148. The first kappa shape index (κ1) is 19.1. The molecule has 1 aromatic rings. The smallest absolute Gasteiger partial charge is 0.395 e. The number of alkyl halides is 3. The number of aliphatic hydroxyl groups excluding tert-OH is 1. The lowest BCUT2D eigenvalue weighted by Gasteiger charge is -2.44. The fraction of sp³-hybridized carbons (Fsp3) is 0.611. The zero-order valence-corrected chi connectivity index (χ0v) is 14.4. The largest absolute Gasteiger partial charge is 0.416 e. The van der Waals surface area contributed by atoms with Gasteiger partial charge >= 0.3 is 6.18 Å². The minimum Gasteiger partial charge on any atom is -0.395 e. The van der Waals surface area contributed by atoms with E-state index < -0.39 is 23.1 Å². The third-order valence-electron chi connectivity index (χ3n) is 5.44. The first-order valence-corrected chi connectivity index (χ1v) is 8.79. The van der Waals surface area contributed by atoms with E-state index in [0.29, 0.717) is 32.0 Å². The van der Waals surface area contributed by atoms with Crippen molar-refractivity contribution in [2.24, 2.45) is 0 Å². The fourth-order valence-electron chi connectivity index (χ4n) is 4.15. The maximum absolute atomic E-state index is 14.2. The van der Waals surface area contributed by atoms with Crippen LogP contribution in [0.4, 0.5) is 17.6 Å². The number of piperidine rings is 1. The summed E-state index contributed by atoms with van der Waals surface area (Å²) in [5.41, 5.74) is -1.59. The Labute approximate surface area is 149 Å². The molecule has 1 spiro atoms. The van der Waals surface area contributed by atoms with Gasteiger partial charge in [0, 0.05) is 25.2 Å². The van der Waals surface area contributed by atoms with Gasteiger partial charge in [-0.15, -0.1) is 0 Å². The fourth-order valence-corrected chi connectivity index (χ4v) is 4.15. The molecule has 1 N–H and O–H groups in total. The molecular formula is C18H22F4N2O2. The highest BCUT2D eigenvalue weighted by Gasteiger charge is 2.50. The van der Waals surface area contributed by atoms with Crippen LogP contribution in [0.25, 0.3) is 0 Å². The van der Waals surface area contributed by atoms with Gasteiger partial charge in [0.1, 0.15) is 11.4 Å². The molecule has 1 amide bonds. The number of rotatable bonds is 4. The van der Waals surface area contributed by atoms with Gasteiger partial charge in [0.25, 0.3) is 0 Å². The molecule has 2 heterocycles. The van der Waals surface area contributed by atoms with Crippen LogP contribution in [0.5, 0.6) is 0 Å². The second kappa shape index (κ2) is 7.15. The molecule has 2 saturated heterocycles. The van der Waals surface area contributed by atoms with Crippen LogP contribution in [0, 0.1) is 5.82 Å². The Bertz CT molecular complexity index is 678. The van der Waals surface area contributed by atoms with E-state index in [9.17, 15) is 22.4 Å². The van der Waals surface area contributed by atoms with Crippen molar-refractivity contribution in [1.82, 2.24) is 9.80 Å². The number of carbonyl (C=O) groups excluding carboxylic acids is 1. The predicted molar refractivity (Wildman–Crippen MR) is 86.7 cm³/mol. The normalized spacial score (nSPS) is 24.7. The molecule has 2 aliphatic heterocycles. The van der Waals surface area contributed by atoms with E-state index in [4.69, 9.17) is 5.11 Å². The summed E-state index contributed by atoms with van der Waals surface area (Å²) < 4.78 is 52.4. The van der Waals surface area contributed by atoms with Crippen LogP contribution in [0.3, 0.4) is 0 Å². The van der Waals surface area contributed by atoms with Crippen LogP contribution in [0.15, 0.2) is 18.2 Å². The highest BCUT2D eigenvalue weighted by molar-refractivity contribution is 5.87. The summed E-state index contributed by atoms with van der Waals surface area (Å²) in [5.74, 6) is -0.972. The van der Waals surface area contributed by atoms with E-state index in [1.807, 2.05) is 4.90 Å². The van der Waals surface area contributed by atoms with Crippen LogP contribution in [0.1, 0.15) is 36.8 Å². The van der Waals surface area contributed by atoms with Gasteiger partial charge in [0.05, 0.1) is 12.2 Å². The van der Waals surface area contributed by atoms with E-state index in [0.717, 1.165) is 25.0 Å². The predicted octanol–water partition coefficient (Wildman–Crippen LogP) is 2.79. The first-order chi connectivity index (χ1) is 12.3. The lowest BCUT2D eigenvalue weighted by Crippen LogP contribution is -2.60. The number of hydrogen-bond donors (Lipinski definition) is 1.